The second-order valence-corrected chi connectivity index (χ2v) is 6.43. The SMILES string of the molecule is CC1(C)CC(NC(=O)C2CNc3ccccc3N2)CCO1. The zero-order valence-electron chi connectivity index (χ0n) is 12.6. The molecule has 1 saturated heterocycles. The number of carbonyl (C=O) groups excluding carboxylic acids is 1. The number of amides is 1. The van der Waals surface area contributed by atoms with Crippen LogP contribution in [0.5, 0.6) is 0 Å². The normalized spacial score (nSPS) is 27.0. The van der Waals surface area contributed by atoms with Gasteiger partial charge in [0.15, 0.2) is 0 Å². The van der Waals surface area contributed by atoms with Gasteiger partial charge < -0.3 is 20.7 Å². The average molecular weight is 289 g/mol. The molecule has 2 aliphatic rings. The molecule has 1 amide bonds. The van der Waals surface area contributed by atoms with Gasteiger partial charge in [0, 0.05) is 19.2 Å². The van der Waals surface area contributed by atoms with E-state index in [9.17, 15) is 4.79 Å². The van der Waals surface area contributed by atoms with Crippen molar-refractivity contribution < 1.29 is 9.53 Å². The molecule has 2 atom stereocenters. The molecule has 0 aromatic heterocycles. The van der Waals surface area contributed by atoms with Crippen molar-refractivity contribution >= 4 is 17.3 Å². The van der Waals surface area contributed by atoms with Crippen LogP contribution in [0.25, 0.3) is 0 Å². The second kappa shape index (κ2) is 5.56. The quantitative estimate of drug-likeness (QED) is 0.779. The summed E-state index contributed by atoms with van der Waals surface area (Å²) in [6.45, 7) is 5.45. The smallest absolute Gasteiger partial charge is 0.244 e. The van der Waals surface area contributed by atoms with Gasteiger partial charge in [0.1, 0.15) is 6.04 Å². The first kappa shape index (κ1) is 14.2. The highest BCUT2D eigenvalue weighted by Crippen LogP contribution is 2.26. The molecule has 0 spiro atoms. The van der Waals surface area contributed by atoms with E-state index in [4.69, 9.17) is 4.74 Å². The molecule has 114 valence electrons. The summed E-state index contributed by atoms with van der Waals surface area (Å²) in [5, 5.41) is 9.75. The van der Waals surface area contributed by atoms with Crippen LogP contribution in [0.15, 0.2) is 24.3 Å². The number of nitrogens with one attached hydrogen (secondary N) is 3. The van der Waals surface area contributed by atoms with Crippen LogP contribution in [0.2, 0.25) is 0 Å². The molecule has 5 heteroatoms. The maximum absolute atomic E-state index is 12.4. The summed E-state index contributed by atoms with van der Waals surface area (Å²) in [5.74, 6) is 0.0553. The van der Waals surface area contributed by atoms with Crippen LogP contribution >= 0.6 is 0 Å². The van der Waals surface area contributed by atoms with Gasteiger partial charge in [-0.3, -0.25) is 4.79 Å². The Morgan fingerprint density at radius 1 is 1.33 bits per heavy atom. The highest BCUT2D eigenvalue weighted by molar-refractivity contribution is 5.88. The molecule has 2 aliphatic heterocycles. The maximum Gasteiger partial charge on any atom is 0.244 e. The summed E-state index contributed by atoms with van der Waals surface area (Å²) in [6, 6.07) is 7.91. The van der Waals surface area contributed by atoms with Crippen molar-refractivity contribution in [1.82, 2.24) is 5.32 Å². The van der Waals surface area contributed by atoms with Crippen LogP contribution in [-0.2, 0) is 9.53 Å². The van der Waals surface area contributed by atoms with E-state index in [1.165, 1.54) is 0 Å². The first-order valence-corrected chi connectivity index (χ1v) is 7.57. The van der Waals surface area contributed by atoms with E-state index >= 15 is 0 Å². The van der Waals surface area contributed by atoms with Crippen molar-refractivity contribution in [3.63, 3.8) is 0 Å². The van der Waals surface area contributed by atoms with Gasteiger partial charge in [0.25, 0.3) is 0 Å². The molecule has 3 N–H and O–H groups in total. The minimum Gasteiger partial charge on any atom is -0.381 e. The standard InChI is InChI=1S/C16H23N3O2/c1-16(2)9-11(7-8-21-16)18-15(20)14-10-17-12-5-3-4-6-13(12)19-14/h3-6,11,14,17,19H,7-10H2,1-2H3,(H,18,20). The van der Waals surface area contributed by atoms with E-state index in [0.717, 1.165) is 24.2 Å². The third-order valence-electron chi connectivity index (χ3n) is 4.11. The zero-order chi connectivity index (χ0) is 14.9. The van der Waals surface area contributed by atoms with Crippen LogP contribution < -0.4 is 16.0 Å². The Kier molecular flexibility index (Phi) is 3.76. The Labute approximate surface area is 125 Å². The van der Waals surface area contributed by atoms with Crippen LogP contribution in [0.4, 0.5) is 11.4 Å². The fraction of sp³-hybridized carbons (Fsp3) is 0.562. The lowest BCUT2D eigenvalue weighted by Gasteiger charge is -2.37. The Bertz CT molecular complexity index is 530. The number of hydrogen-bond donors (Lipinski definition) is 3. The van der Waals surface area contributed by atoms with Gasteiger partial charge in [-0.05, 0) is 38.8 Å². The molecule has 0 radical (unpaired) electrons. The first-order valence-electron chi connectivity index (χ1n) is 7.57. The number of anilines is 2. The largest absolute Gasteiger partial charge is 0.381 e. The van der Waals surface area contributed by atoms with Gasteiger partial charge >= 0.3 is 0 Å². The number of hydrogen-bond acceptors (Lipinski definition) is 4. The van der Waals surface area contributed by atoms with Crippen LogP contribution in [-0.4, -0.2) is 36.7 Å². The second-order valence-electron chi connectivity index (χ2n) is 6.43. The number of benzene rings is 1. The monoisotopic (exact) mass is 289 g/mol. The zero-order valence-corrected chi connectivity index (χ0v) is 12.6. The summed E-state index contributed by atoms with van der Waals surface area (Å²) in [5.41, 5.74) is 1.88. The van der Waals surface area contributed by atoms with Crippen molar-refractivity contribution in [2.24, 2.45) is 0 Å². The molecule has 2 unspecified atom stereocenters. The molecule has 1 fully saturated rings. The van der Waals surface area contributed by atoms with Gasteiger partial charge in [-0.25, -0.2) is 0 Å². The van der Waals surface area contributed by atoms with Gasteiger partial charge in [-0.1, -0.05) is 12.1 Å². The van der Waals surface area contributed by atoms with Crippen molar-refractivity contribution in [1.29, 1.82) is 0 Å². The molecule has 3 rings (SSSR count). The van der Waals surface area contributed by atoms with E-state index in [1.54, 1.807) is 0 Å². The summed E-state index contributed by atoms with van der Waals surface area (Å²) in [4.78, 5) is 12.4. The minimum atomic E-state index is -0.231. The number of fused-ring (bicyclic) bond motifs is 1. The Hall–Kier alpha value is -1.75. The Morgan fingerprint density at radius 2 is 2.10 bits per heavy atom. The number of ether oxygens (including phenoxy) is 1. The molecule has 1 aromatic rings. The van der Waals surface area contributed by atoms with Crippen LogP contribution in [0.1, 0.15) is 26.7 Å². The lowest BCUT2D eigenvalue weighted by atomic mass is 9.93. The molecular formula is C16H23N3O2. The van der Waals surface area contributed by atoms with Gasteiger partial charge in [0.05, 0.1) is 17.0 Å². The molecular weight excluding hydrogens is 266 g/mol. The van der Waals surface area contributed by atoms with Gasteiger partial charge in [0.2, 0.25) is 5.91 Å². The third-order valence-corrected chi connectivity index (χ3v) is 4.11. The number of para-hydroxylation sites is 2. The van der Waals surface area contributed by atoms with Gasteiger partial charge in [-0.15, -0.1) is 0 Å². The predicted octanol–water partition coefficient (Wildman–Crippen LogP) is 1.97. The van der Waals surface area contributed by atoms with E-state index < -0.39 is 0 Å². The molecule has 21 heavy (non-hydrogen) atoms. The molecule has 0 bridgehead atoms. The van der Waals surface area contributed by atoms with E-state index in [-0.39, 0.29) is 23.6 Å². The van der Waals surface area contributed by atoms with Crippen molar-refractivity contribution in [2.75, 3.05) is 23.8 Å². The van der Waals surface area contributed by atoms with E-state index in [1.807, 2.05) is 24.3 Å². The predicted molar refractivity (Wildman–Crippen MR) is 83.5 cm³/mol. The lowest BCUT2D eigenvalue weighted by Crippen LogP contribution is -2.52. The van der Waals surface area contributed by atoms with Crippen LogP contribution in [0.3, 0.4) is 0 Å². The fourth-order valence-electron chi connectivity index (χ4n) is 3.03. The average Bonchev–Trinajstić information content (AvgIpc) is 2.45. The minimum absolute atomic E-state index is 0.0553. The summed E-state index contributed by atoms with van der Waals surface area (Å²) in [7, 11) is 0. The molecule has 1 aromatic carbocycles. The molecule has 0 aliphatic carbocycles. The molecule has 2 heterocycles. The molecule has 0 saturated carbocycles. The van der Waals surface area contributed by atoms with Crippen LogP contribution in [0, 0.1) is 0 Å². The van der Waals surface area contributed by atoms with Crippen molar-refractivity contribution in [2.45, 2.75) is 44.4 Å². The highest BCUT2D eigenvalue weighted by atomic mass is 16.5. The topological polar surface area (TPSA) is 62.4 Å². The van der Waals surface area contributed by atoms with E-state index in [2.05, 4.69) is 29.8 Å². The first-order chi connectivity index (χ1) is 10.0. The number of carbonyl (C=O) groups is 1. The van der Waals surface area contributed by atoms with E-state index in [0.29, 0.717) is 13.2 Å². The Morgan fingerprint density at radius 3 is 2.86 bits per heavy atom. The lowest BCUT2D eigenvalue weighted by molar-refractivity contribution is -0.124. The highest BCUT2D eigenvalue weighted by Gasteiger charge is 2.31. The molecule has 5 nitrogen and oxygen atoms in total. The van der Waals surface area contributed by atoms with Crippen molar-refractivity contribution in [3.05, 3.63) is 24.3 Å². The third kappa shape index (κ3) is 3.29. The van der Waals surface area contributed by atoms with Gasteiger partial charge in [-0.2, -0.15) is 0 Å². The summed E-state index contributed by atoms with van der Waals surface area (Å²) < 4.78 is 5.69. The summed E-state index contributed by atoms with van der Waals surface area (Å²) >= 11 is 0. The maximum atomic E-state index is 12.4. The Balaban J connectivity index is 1.59. The number of rotatable bonds is 2. The fourth-order valence-corrected chi connectivity index (χ4v) is 3.03. The summed E-state index contributed by atoms with van der Waals surface area (Å²) in [6.07, 6.45) is 1.74. The van der Waals surface area contributed by atoms with Crippen molar-refractivity contribution in [3.8, 4) is 0 Å².